The number of nitrogens with zero attached hydrogens (tertiary/aromatic N) is 3. The molecule has 1 aromatic rings. The lowest BCUT2D eigenvalue weighted by Crippen LogP contribution is -2.53. The number of nitrogens with two attached hydrogens (primary N) is 1. The molecule has 1 aliphatic rings. The maximum atomic E-state index is 12.4. The van der Waals surface area contributed by atoms with Gasteiger partial charge in [0, 0.05) is 40.3 Å². The fourth-order valence-electron chi connectivity index (χ4n) is 2.26. The Balaban J connectivity index is 2.09. The molecule has 0 unspecified atom stereocenters. The highest BCUT2D eigenvalue weighted by atomic mass is 32.2. The van der Waals surface area contributed by atoms with Gasteiger partial charge in [0.2, 0.25) is 0 Å². The molecule has 9 heteroatoms. The van der Waals surface area contributed by atoms with Crippen molar-refractivity contribution in [2.45, 2.75) is 0 Å². The van der Waals surface area contributed by atoms with Crippen molar-refractivity contribution in [3.8, 4) is 5.75 Å². The third-order valence-corrected chi connectivity index (χ3v) is 5.55. The highest BCUT2D eigenvalue weighted by Gasteiger charge is 2.31. The third-order valence-electron chi connectivity index (χ3n) is 3.61. The highest BCUT2D eigenvalue weighted by Crippen LogP contribution is 2.26. The monoisotopic (exact) mass is 328 g/mol. The normalized spacial score (nSPS) is 17.0. The molecule has 0 radical (unpaired) electrons. The van der Waals surface area contributed by atoms with Crippen molar-refractivity contribution in [3.63, 3.8) is 0 Å². The molecule has 0 atom stereocenters. The van der Waals surface area contributed by atoms with Crippen LogP contribution in [0.15, 0.2) is 18.2 Å². The van der Waals surface area contributed by atoms with Gasteiger partial charge in [0.1, 0.15) is 0 Å². The molecule has 1 fully saturated rings. The van der Waals surface area contributed by atoms with Gasteiger partial charge in [-0.2, -0.15) is 17.0 Å². The topological polar surface area (TPSA) is 107 Å². The van der Waals surface area contributed by atoms with Gasteiger partial charge in [-0.3, -0.25) is 4.79 Å². The summed E-state index contributed by atoms with van der Waals surface area (Å²) in [6.45, 7) is 0.963. The van der Waals surface area contributed by atoms with E-state index in [1.165, 1.54) is 35.4 Å². The second-order valence-corrected chi connectivity index (χ2v) is 7.37. The molecule has 0 spiro atoms. The summed E-state index contributed by atoms with van der Waals surface area (Å²) in [7, 11) is -0.530. The number of carbonyl (C=O) groups is 1. The smallest absolute Gasteiger partial charge is 0.281 e. The zero-order valence-electron chi connectivity index (χ0n) is 12.6. The van der Waals surface area contributed by atoms with Crippen LogP contribution in [0.3, 0.4) is 0 Å². The third kappa shape index (κ3) is 3.01. The summed E-state index contributed by atoms with van der Waals surface area (Å²) in [6, 6.07) is 4.60. The molecule has 1 aromatic carbocycles. The van der Waals surface area contributed by atoms with Crippen LogP contribution < -0.4 is 5.73 Å². The fourth-order valence-corrected chi connectivity index (χ4v) is 3.34. The van der Waals surface area contributed by atoms with Gasteiger partial charge in [-0.25, -0.2) is 0 Å². The van der Waals surface area contributed by atoms with Crippen LogP contribution in [0.5, 0.6) is 5.75 Å². The van der Waals surface area contributed by atoms with E-state index in [0.717, 1.165) is 4.31 Å². The predicted octanol–water partition coefficient (Wildman–Crippen LogP) is -0.461. The van der Waals surface area contributed by atoms with Gasteiger partial charge in [-0.05, 0) is 12.1 Å². The number of piperazine rings is 1. The molecule has 0 saturated carbocycles. The molecule has 8 nitrogen and oxygen atoms in total. The standard InChI is InChI=1S/C13H20N4O4S/c1-15(2)22(20,21)17-8-6-16(7-9-17)13(19)10-4-3-5-11(14)12(10)18/h3-5,18H,6-9,14H2,1-2H3. The number of benzene rings is 1. The van der Waals surface area contributed by atoms with Crippen molar-refractivity contribution in [2.75, 3.05) is 46.0 Å². The second kappa shape index (κ2) is 6.11. The first-order valence-electron chi connectivity index (χ1n) is 6.79. The minimum atomic E-state index is -3.47. The van der Waals surface area contributed by atoms with Gasteiger partial charge < -0.3 is 15.7 Å². The lowest BCUT2D eigenvalue weighted by Gasteiger charge is -2.35. The van der Waals surface area contributed by atoms with Gasteiger partial charge in [0.25, 0.3) is 16.1 Å². The van der Waals surface area contributed by atoms with Crippen LogP contribution in [0, 0.1) is 0 Å². The van der Waals surface area contributed by atoms with Crippen LogP contribution in [0.4, 0.5) is 5.69 Å². The summed E-state index contributed by atoms with van der Waals surface area (Å²) in [6.07, 6.45) is 0. The van der Waals surface area contributed by atoms with Crippen LogP contribution in [0.2, 0.25) is 0 Å². The molecular formula is C13H20N4O4S. The molecule has 2 rings (SSSR count). The average Bonchev–Trinajstić information content (AvgIpc) is 2.49. The number of amides is 1. The number of carbonyl (C=O) groups excluding carboxylic acids is 1. The SMILES string of the molecule is CN(C)S(=O)(=O)N1CCN(C(=O)c2cccc(N)c2O)CC1. The fraction of sp³-hybridized carbons (Fsp3) is 0.462. The summed E-state index contributed by atoms with van der Waals surface area (Å²) >= 11 is 0. The number of phenols is 1. The zero-order valence-corrected chi connectivity index (χ0v) is 13.4. The van der Waals surface area contributed by atoms with Crippen LogP contribution in [-0.2, 0) is 10.2 Å². The molecule has 1 aliphatic heterocycles. The van der Waals surface area contributed by atoms with Crippen molar-refractivity contribution in [2.24, 2.45) is 0 Å². The second-order valence-electron chi connectivity index (χ2n) is 5.22. The molecule has 3 N–H and O–H groups in total. The number of nitrogen functional groups attached to an aromatic ring is 1. The first kappa shape index (κ1) is 16.5. The molecule has 122 valence electrons. The summed E-state index contributed by atoms with van der Waals surface area (Å²) in [5, 5.41) is 9.87. The van der Waals surface area contributed by atoms with Gasteiger partial charge in [0.05, 0.1) is 11.3 Å². The van der Waals surface area contributed by atoms with Crippen LogP contribution in [-0.4, -0.2) is 73.2 Å². The zero-order chi connectivity index (χ0) is 16.5. The Kier molecular flexibility index (Phi) is 4.59. The Morgan fingerprint density at radius 2 is 1.82 bits per heavy atom. The van der Waals surface area contributed by atoms with Crippen molar-refractivity contribution >= 4 is 21.8 Å². The van der Waals surface area contributed by atoms with E-state index in [1.807, 2.05) is 0 Å². The molecule has 1 saturated heterocycles. The van der Waals surface area contributed by atoms with Crippen LogP contribution in [0.1, 0.15) is 10.4 Å². The van der Waals surface area contributed by atoms with Crippen molar-refractivity contribution in [3.05, 3.63) is 23.8 Å². The summed E-state index contributed by atoms with van der Waals surface area (Å²) in [5.41, 5.74) is 5.85. The minimum absolute atomic E-state index is 0.129. The molecule has 22 heavy (non-hydrogen) atoms. The van der Waals surface area contributed by atoms with Crippen LogP contribution >= 0.6 is 0 Å². The van der Waals surface area contributed by atoms with E-state index in [4.69, 9.17) is 5.73 Å². The van der Waals surface area contributed by atoms with Crippen molar-refractivity contribution < 1.29 is 18.3 Å². The lowest BCUT2D eigenvalue weighted by atomic mass is 10.1. The Hall–Kier alpha value is -1.84. The van der Waals surface area contributed by atoms with E-state index in [9.17, 15) is 18.3 Å². The predicted molar refractivity (Wildman–Crippen MR) is 82.6 cm³/mol. The quantitative estimate of drug-likeness (QED) is 0.577. The molecular weight excluding hydrogens is 308 g/mol. The van der Waals surface area contributed by atoms with Gasteiger partial charge in [0.15, 0.2) is 5.75 Å². The Morgan fingerprint density at radius 1 is 1.23 bits per heavy atom. The molecule has 0 aliphatic carbocycles. The number of anilines is 1. The average molecular weight is 328 g/mol. The summed E-state index contributed by atoms with van der Waals surface area (Å²) < 4.78 is 26.5. The maximum absolute atomic E-state index is 12.4. The van der Waals surface area contributed by atoms with E-state index >= 15 is 0 Å². The van der Waals surface area contributed by atoms with E-state index in [-0.39, 0.29) is 49.1 Å². The Labute approximate surface area is 129 Å². The van der Waals surface area contributed by atoms with Crippen LogP contribution in [0.25, 0.3) is 0 Å². The van der Waals surface area contributed by atoms with E-state index < -0.39 is 10.2 Å². The molecule has 1 amide bonds. The number of phenolic OH excluding ortho intramolecular Hbond substituents is 1. The van der Waals surface area contributed by atoms with Crippen molar-refractivity contribution in [1.29, 1.82) is 0 Å². The summed E-state index contributed by atoms with van der Waals surface area (Å²) in [5.74, 6) is -0.595. The number of para-hydroxylation sites is 1. The van der Waals surface area contributed by atoms with E-state index in [0.29, 0.717) is 0 Å². The van der Waals surface area contributed by atoms with Gasteiger partial charge >= 0.3 is 0 Å². The Bertz CT molecular complexity index is 667. The van der Waals surface area contributed by atoms with E-state index in [2.05, 4.69) is 0 Å². The highest BCUT2D eigenvalue weighted by molar-refractivity contribution is 7.86. The number of hydrogen-bond acceptors (Lipinski definition) is 5. The van der Waals surface area contributed by atoms with E-state index in [1.54, 1.807) is 6.07 Å². The number of rotatable bonds is 3. The number of aromatic hydroxyl groups is 1. The minimum Gasteiger partial charge on any atom is -0.505 e. The number of hydrogen-bond donors (Lipinski definition) is 2. The summed E-state index contributed by atoms with van der Waals surface area (Å²) in [4.78, 5) is 13.9. The van der Waals surface area contributed by atoms with Gasteiger partial charge in [-0.1, -0.05) is 6.07 Å². The first-order chi connectivity index (χ1) is 10.2. The van der Waals surface area contributed by atoms with Crippen molar-refractivity contribution in [1.82, 2.24) is 13.5 Å². The van der Waals surface area contributed by atoms with Gasteiger partial charge in [-0.15, -0.1) is 0 Å². The molecule has 0 bridgehead atoms. The molecule has 0 aromatic heterocycles. The first-order valence-corrected chi connectivity index (χ1v) is 8.19. The Morgan fingerprint density at radius 3 is 2.36 bits per heavy atom. The lowest BCUT2D eigenvalue weighted by molar-refractivity contribution is 0.0692. The largest absolute Gasteiger partial charge is 0.505 e. The molecule has 1 heterocycles. The maximum Gasteiger partial charge on any atom is 0.281 e.